The molecule has 1 aromatic carbocycles. The third-order valence-electron chi connectivity index (χ3n) is 4.97. The van der Waals surface area contributed by atoms with Crippen molar-refractivity contribution in [2.24, 2.45) is 5.92 Å². The highest BCUT2D eigenvalue weighted by atomic mass is 16.1. The average Bonchev–Trinajstić information content (AvgIpc) is 2.92. The van der Waals surface area contributed by atoms with Crippen molar-refractivity contribution < 1.29 is 4.79 Å². The van der Waals surface area contributed by atoms with Crippen LogP contribution < -0.4 is 5.32 Å². The fourth-order valence-corrected chi connectivity index (χ4v) is 3.35. The van der Waals surface area contributed by atoms with E-state index in [-0.39, 0.29) is 5.91 Å². The van der Waals surface area contributed by atoms with Crippen LogP contribution in [0.2, 0.25) is 0 Å². The highest BCUT2D eigenvalue weighted by molar-refractivity contribution is 5.97. The molecular formula is C20H26N2O. The van der Waals surface area contributed by atoms with E-state index in [9.17, 15) is 4.79 Å². The second-order valence-corrected chi connectivity index (χ2v) is 7.02. The van der Waals surface area contributed by atoms with E-state index in [4.69, 9.17) is 0 Å². The van der Waals surface area contributed by atoms with E-state index < -0.39 is 0 Å². The molecule has 0 atom stereocenters. The normalized spacial score (nSPS) is 21.2. The summed E-state index contributed by atoms with van der Waals surface area (Å²) in [6, 6.07) is 10.7. The first-order valence-corrected chi connectivity index (χ1v) is 8.60. The van der Waals surface area contributed by atoms with Gasteiger partial charge in [-0.3, -0.25) is 4.79 Å². The molecule has 1 heterocycles. The zero-order chi connectivity index (χ0) is 16.4. The van der Waals surface area contributed by atoms with Gasteiger partial charge >= 0.3 is 0 Å². The Morgan fingerprint density at radius 3 is 2.39 bits per heavy atom. The molecular weight excluding hydrogens is 284 g/mol. The summed E-state index contributed by atoms with van der Waals surface area (Å²) in [6.45, 7) is 6.34. The molecule has 23 heavy (non-hydrogen) atoms. The Kier molecular flexibility index (Phi) is 4.56. The summed E-state index contributed by atoms with van der Waals surface area (Å²) in [7, 11) is 0. The van der Waals surface area contributed by atoms with Crippen LogP contribution in [0.4, 0.5) is 0 Å². The SMILES string of the molecule is Cc1ccc(-c2cc(C(=O)NC3CCC(C)CC3)c(C)[nH]2)cc1. The van der Waals surface area contributed by atoms with Gasteiger partial charge in [0.25, 0.3) is 5.91 Å². The lowest BCUT2D eigenvalue weighted by Crippen LogP contribution is -2.37. The molecule has 0 bridgehead atoms. The van der Waals surface area contributed by atoms with Crippen molar-refractivity contribution in [1.29, 1.82) is 0 Å². The molecule has 1 aromatic heterocycles. The number of aromatic amines is 1. The van der Waals surface area contributed by atoms with Gasteiger partial charge < -0.3 is 10.3 Å². The van der Waals surface area contributed by atoms with E-state index in [1.54, 1.807) is 0 Å². The van der Waals surface area contributed by atoms with Gasteiger partial charge in [-0.15, -0.1) is 0 Å². The number of carbonyl (C=O) groups excluding carboxylic acids is 1. The summed E-state index contributed by atoms with van der Waals surface area (Å²) in [4.78, 5) is 15.9. The summed E-state index contributed by atoms with van der Waals surface area (Å²) in [5.41, 5.74) is 5.05. The van der Waals surface area contributed by atoms with E-state index in [1.165, 1.54) is 18.4 Å². The number of benzene rings is 1. The van der Waals surface area contributed by atoms with Crippen molar-refractivity contribution in [3.05, 3.63) is 47.2 Å². The molecule has 1 saturated carbocycles. The average molecular weight is 310 g/mol. The van der Waals surface area contributed by atoms with Crippen molar-refractivity contribution in [2.45, 2.75) is 52.5 Å². The van der Waals surface area contributed by atoms with Crippen molar-refractivity contribution in [3.8, 4) is 11.3 Å². The minimum atomic E-state index is 0.0525. The molecule has 3 heteroatoms. The van der Waals surface area contributed by atoms with Crippen molar-refractivity contribution in [2.75, 3.05) is 0 Å². The molecule has 2 N–H and O–H groups in total. The lowest BCUT2D eigenvalue weighted by Gasteiger charge is -2.26. The predicted molar refractivity (Wildman–Crippen MR) is 94.6 cm³/mol. The Morgan fingerprint density at radius 2 is 1.74 bits per heavy atom. The van der Waals surface area contributed by atoms with Crippen molar-refractivity contribution in [1.82, 2.24) is 10.3 Å². The van der Waals surface area contributed by atoms with Gasteiger partial charge in [0.15, 0.2) is 0 Å². The quantitative estimate of drug-likeness (QED) is 0.854. The smallest absolute Gasteiger partial charge is 0.253 e. The van der Waals surface area contributed by atoms with E-state index >= 15 is 0 Å². The molecule has 1 fully saturated rings. The van der Waals surface area contributed by atoms with Gasteiger partial charge in [0.1, 0.15) is 0 Å². The Bertz CT molecular complexity index is 676. The fourth-order valence-electron chi connectivity index (χ4n) is 3.35. The van der Waals surface area contributed by atoms with E-state index in [0.29, 0.717) is 6.04 Å². The lowest BCUT2D eigenvalue weighted by molar-refractivity contribution is 0.0922. The molecule has 0 radical (unpaired) electrons. The Balaban J connectivity index is 1.72. The minimum absolute atomic E-state index is 0.0525. The fraction of sp³-hybridized carbons (Fsp3) is 0.450. The van der Waals surface area contributed by atoms with Gasteiger partial charge in [0.05, 0.1) is 5.56 Å². The third kappa shape index (κ3) is 3.66. The van der Waals surface area contributed by atoms with Crippen molar-refractivity contribution >= 4 is 5.91 Å². The first-order valence-electron chi connectivity index (χ1n) is 8.60. The number of H-pyrrole nitrogens is 1. The van der Waals surface area contributed by atoms with Crippen LogP contribution in [-0.4, -0.2) is 16.9 Å². The molecule has 0 spiro atoms. The van der Waals surface area contributed by atoms with Gasteiger partial charge in [-0.1, -0.05) is 36.8 Å². The van der Waals surface area contributed by atoms with E-state index in [0.717, 1.165) is 41.3 Å². The first-order chi connectivity index (χ1) is 11.0. The van der Waals surface area contributed by atoms with Crippen LogP contribution in [0, 0.1) is 19.8 Å². The van der Waals surface area contributed by atoms with Crippen LogP contribution >= 0.6 is 0 Å². The van der Waals surface area contributed by atoms with Crippen LogP contribution in [0.3, 0.4) is 0 Å². The molecule has 0 saturated heterocycles. The number of carbonyl (C=O) groups is 1. The van der Waals surface area contributed by atoms with Crippen molar-refractivity contribution in [3.63, 3.8) is 0 Å². The molecule has 1 aliphatic carbocycles. The summed E-state index contributed by atoms with van der Waals surface area (Å²) >= 11 is 0. The number of hydrogen-bond donors (Lipinski definition) is 2. The molecule has 2 aromatic rings. The number of nitrogens with one attached hydrogen (secondary N) is 2. The zero-order valence-electron chi connectivity index (χ0n) is 14.3. The predicted octanol–water partition coefficient (Wildman–Crippen LogP) is 4.61. The molecule has 3 nitrogen and oxygen atoms in total. The molecule has 1 amide bonds. The van der Waals surface area contributed by atoms with Crippen LogP contribution in [0.5, 0.6) is 0 Å². The second-order valence-electron chi connectivity index (χ2n) is 7.02. The van der Waals surface area contributed by atoms with Crippen LogP contribution in [0.1, 0.15) is 54.2 Å². The third-order valence-corrected chi connectivity index (χ3v) is 4.97. The first kappa shape index (κ1) is 15.9. The Morgan fingerprint density at radius 1 is 1.09 bits per heavy atom. The number of rotatable bonds is 3. The topological polar surface area (TPSA) is 44.9 Å². The summed E-state index contributed by atoms with van der Waals surface area (Å²) in [5, 5.41) is 3.21. The second kappa shape index (κ2) is 6.61. The number of hydrogen-bond acceptors (Lipinski definition) is 1. The molecule has 0 aliphatic heterocycles. The van der Waals surface area contributed by atoms with Gasteiger partial charge in [-0.05, 0) is 57.1 Å². The maximum Gasteiger partial charge on any atom is 0.253 e. The number of amides is 1. The van der Waals surface area contributed by atoms with Gasteiger partial charge in [0, 0.05) is 17.4 Å². The van der Waals surface area contributed by atoms with Gasteiger partial charge in [-0.25, -0.2) is 0 Å². The molecule has 122 valence electrons. The maximum atomic E-state index is 12.6. The van der Waals surface area contributed by atoms with Crippen LogP contribution in [-0.2, 0) is 0 Å². The Labute approximate surface area is 138 Å². The molecule has 1 aliphatic rings. The summed E-state index contributed by atoms with van der Waals surface area (Å²) < 4.78 is 0. The number of aryl methyl sites for hydroxylation is 2. The van der Waals surface area contributed by atoms with E-state index in [2.05, 4.69) is 48.4 Å². The maximum absolute atomic E-state index is 12.6. The highest BCUT2D eigenvalue weighted by Gasteiger charge is 2.21. The zero-order valence-corrected chi connectivity index (χ0v) is 14.3. The highest BCUT2D eigenvalue weighted by Crippen LogP contribution is 2.25. The number of aromatic nitrogens is 1. The van der Waals surface area contributed by atoms with Gasteiger partial charge in [-0.2, -0.15) is 0 Å². The Hall–Kier alpha value is -2.03. The standard InChI is InChI=1S/C20H26N2O/c1-13-4-8-16(9-5-13)19-12-18(15(3)21-19)20(23)22-17-10-6-14(2)7-11-17/h4-5,8-9,12,14,17,21H,6-7,10-11H2,1-3H3,(H,22,23). The van der Waals surface area contributed by atoms with Gasteiger partial charge in [0.2, 0.25) is 0 Å². The monoisotopic (exact) mass is 310 g/mol. The summed E-state index contributed by atoms with van der Waals surface area (Å²) in [5.74, 6) is 0.849. The largest absolute Gasteiger partial charge is 0.358 e. The molecule has 0 unspecified atom stereocenters. The van der Waals surface area contributed by atoms with Crippen LogP contribution in [0.15, 0.2) is 30.3 Å². The molecule has 3 rings (SSSR count). The summed E-state index contributed by atoms with van der Waals surface area (Å²) in [6.07, 6.45) is 4.62. The lowest BCUT2D eigenvalue weighted by atomic mass is 9.87. The minimum Gasteiger partial charge on any atom is -0.358 e. The van der Waals surface area contributed by atoms with Crippen LogP contribution in [0.25, 0.3) is 11.3 Å². The van der Waals surface area contributed by atoms with E-state index in [1.807, 2.05) is 13.0 Å².